The van der Waals surface area contributed by atoms with Crippen molar-refractivity contribution < 1.29 is 4.79 Å². The SMILES string of the molecule is CC.C\C=C/C=C(\C=C/C)C(CCC=O)N(C)/C=C\N. The maximum absolute atomic E-state index is 10.6. The van der Waals surface area contributed by atoms with Crippen LogP contribution in [-0.4, -0.2) is 24.3 Å². The predicted molar refractivity (Wildman–Crippen MR) is 89.2 cm³/mol. The second-order valence-electron chi connectivity index (χ2n) is 3.96. The van der Waals surface area contributed by atoms with Gasteiger partial charge >= 0.3 is 0 Å². The third kappa shape index (κ3) is 9.20. The van der Waals surface area contributed by atoms with Gasteiger partial charge < -0.3 is 15.4 Å². The van der Waals surface area contributed by atoms with E-state index in [1.165, 1.54) is 6.20 Å². The predicted octanol–water partition coefficient (Wildman–Crippen LogP) is 3.80. The van der Waals surface area contributed by atoms with Crippen LogP contribution in [0.15, 0.2) is 48.4 Å². The maximum atomic E-state index is 10.6. The van der Waals surface area contributed by atoms with Gasteiger partial charge in [-0.05, 0) is 25.8 Å². The molecule has 0 aromatic heterocycles. The molecular formula is C17H30N2O. The van der Waals surface area contributed by atoms with E-state index in [9.17, 15) is 4.79 Å². The van der Waals surface area contributed by atoms with Crippen LogP contribution in [0.3, 0.4) is 0 Å². The van der Waals surface area contributed by atoms with E-state index in [0.29, 0.717) is 6.42 Å². The van der Waals surface area contributed by atoms with Gasteiger partial charge in [-0.15, -0.1) is 0 Å². The van der Waals surface area contributed by atoms with Gasteiger partial charge in [-0.1, -0.05) is 44.2 Å². The minimum atomic E-state index is 0.155. The molecule has 114 valence electrons. The summed E-state index contributed by atoms with van der Waals surface area (Å²) in [4.78, 5) is 12.6. The second kappa shape index (κ2) is 15.3. The molecule has 0 saturated carbocycles. The van der Waals surface area contributed by atoms with E-state index in [1.54, 1.807) is 0 Å². The molecule has 0 bridgehead atoms. The van der Waals surface area contributed by atoms with E-state index < -0.39 is 0 Å². The molecule has 0 aromatic rings. The maximum Gasteiger partial charge on any atom is 0.120 e. The molecule has 0 aromatic carbocycles. The molecule has 0 fully saturated rings. The van der Waals surface area contributed by atoms with E-state index in [0.717, 1.165) is 18.3 Å². The van der Waals surface area contributed by atoms with Gasteiger partial charge in [0.05, 0.1) is 6.04 Å². The molecule has 20 heavy (non-hydrogen) atoms. The van der Waals surface area contributed by atoms with Crippen LogP contribution in [0, 0.1) is 0 Å². The van der Waals surface area contributed by atoms with Crippen molar-refractivity contribution >= 4 is 6.29 Å². The summed E-state index contributed by atoms with van der Waals surface area (Å²) in [6.07, 6.45) is 15.7. The van der Waals surface area contributed by atoms with Crippen LogP contribution >= 0.6 is 0 Å². The molecule has 0 heterocycles. The van der Waals surface area contributed by atoms with Gasteiger partial charge in [0.2, 0.25) is 0 Å². The lowest BCUT2D eigenvalue weighted by molar-refractivity contribution is -0.108. The molecule has 0 radical (unpaired) electrons. The van der Waals surface area contributed by atoms with Crippen LogP contribution in [0.25, 0.3) is 0 Å². The molecule has 2 N–H and O–H groups in total. The lowest BCUT2D eigenvalue weighted by Gasteiger charge is -2.27. The summed E-state index contributed by atoms with van der Waals surface area (Å²) in [5.41, 5.74) is 6.59. The first-order valence-electron chi connectivity index (χ1n) is 7.20. The molecule has 1 unspecified atom stereocenters. The van der Waals surface area contributed by atoms with Crippen LogP contribution < -0.4 is 5.73 Å². The molecule has 1 atom stereocenters. The van der Waals surface area contributed by atoms with Crippen LogP contribution in [0.4, 0.5) is 0 Å². The van der Waals surface area contributed by atoms with Crippen LogP contribution in [-0.2, 0) is 4.79 Å². The fourth-order valence-electron chi connectivity index (χ4n) is 1.75. The van der Waals surface area contributed by atoms with Gasteiger partial charge in [0.15, 0.2) is 0 Å². The summed E-state index contributed by atoms with van der Waals surface area (Å²) in [5, 5.41) is 0. The summed E-state index contributed by atoms with van der Waals surface area (Å²) in [7, 11) is 1.96. The summed E-state index contributed by atoms with van der Waals surface area (Å²) in [6, 6.07) is 0.155. The highest BCUT2D eigenvalue weighted by molar-refractivity contribution is 5.49. The van der Waals surface area contributed by atoms with Crippen molar-refractivity contribution in [3.05, 3.63) is 48.4 Å². The lowest BCUT2D eigenvalue weighted by atomic mass is 10.00. The fraction of sp³-hybridized carbons (Fsp3) is 0.471. The molecule has 0 aliphatic carbocycles. The zero-order chi connectivity index (χ0) is 15.8. The normalized spacial score (nSPS) is 13.6. The topological polar surface area (TPSA) is 46.3 Å². The Hall–Kier alpha value is -1.77. The number of nitrogens with zero attached hydrogens (tertiary/aromatic N) is 1. The smallest absolute Gasteiger partial charge is 0.120 e. The van der Waals surface area contributed by atoms with Crippen molar-refractivity contribution in [2.24, 2.45) is 5.73 Å². The number of hydrogen-bond acceptors (Lipinski definition) is 3. The van der Waals surface area contributed by atoms with E-state index >= 15 is 0 Å². The fourth-order valence-corrected chi connectivity index (χ4v) is 1.75. The highest BCUT2D eigenvalue weighted by Crippen LogP contribution is 2.17. The summed E-state index contributed by atoms with van der Waals surface area (Å²) in [6.45, 7) is 7.97. The van der Waals surface area contributed by atoms with Gasteiger partial charge in [-0.25, -0.2) is 0 Å². The average molecular weight is 278 g/mol. The third-order valence-electron chi connectivity index (χ3n) is 2.60. The number of likely N-dealkylation sites (N-methyl/N-ethyl adjacent to an activating group) is 1. The minimum absolute atomic E-state index is 0.155. The Morgan fingerprint density at radius 2 is 1.90 bits per heavy atom. The van der Waals surface area contributed by atoms with Crippen molar-refractivity contribution in [1.29, 1.82) is 0 Å². The summed E-state index contributed by atoms with van der Waals surface area (Å²) >= 11 is 0. The third-order valence-corrected chi connectivity index (χ3v) is 2.60. The van der Waals surface area contributed by atoms with Crippen molar-refractivity contribution in [1.82, 2.24) is 4.90 Å². The quantitative estimate of drug-likeness (QED) is 0.542. The molecule has 0 amide bonds. The van der Waals surface area contributed by atoms with E-state index in [4.69, 9.17) is 5.73 Å². The van der Waals surface area contributed by atoms with E-state index in [1.807, 2.05) is 64.1 Å². The Bertz CT molecular complexity index is 341. The van der Waals surface area contributed by atoms with Crippen LogP contribution in [0.1, 0.15) is 40.5 Å². The highest BCUT2D eigenvalue weighted by Gasteiger charge is 2.14. The van der Waals surface area contributed by atoms with Gasteiger partial charge in [0.25, 0.3) is 0 Å². The number of carbonyl (C=O) groups excluding carboxylic acids is 1. The first kappa shape index (κ1) is 20.5. The van der Waals surface area contributed by atoms with Gasteiger partial charge in [-0.3, -0.25) is 0 Å². The number of allylic oxidation sites excluding steroid dienone is 4. The molecular weight excluding hydrogens is 248 g/mol. The molecule has 0 saturated heterocycles. The molecule has 0 rings (SSSR count). The zero-order valence-electron chi connectivity index (χ0n) is 13.5. The lowest BCUT2D eigenvalue weighted by Crippen LogP contribution is -2.29. The number of aldehydes is 1. The van der Waals surface area contributed by atoms with Crippen molar-refractivity contribution in [2.45, 2.75) is 46.6 Å². The van der Waals surface area contributed by atoms with Crippen molar-refractivity contribution in [2.75, 3.05) is 7.05 Å². The van der Waals surface area contributed by atoms with Crippen LogP contribution in [0.5, 0.6) is 0 Å². The zero-order valence-corrected chi connectivity index (χ0v) is 13.5. The van der Waals surface area contributed by atoms with E-state index in [2.05, 4.69) is 12.2 Å². The standard InChI is InChI=1S/C15H24N2O.C2H6/c1-4-6-9-14(8-5-2)15(10-7-13-18)17(3)12-11-16;1-2/h4-6,8-9,11-13,15H,7,10,16H2,1-3H3;1-2H3/b6-4-,8-5-,12-11-,14-9+;. The average Bonchev–Trinajstić information content (AvgIpc) is 2.47. The van der Waals surface area contributed by atoms with Gasteiger partial charge in [0.1, 0.15) is 6.29 Å². The monoisotopic (exact) mass is 278 g/mol. The van der Waals surface area contributed by atoms with Crippen molar-refractivity contribution in [3.63, 3.8) is 0 Å². The first-order chi connectivity index (χ1) is 9.71. The first-order valence-corrected chi connectivity index (χ1v) is 7.20. The Morgan fingerprint density at radius 3 is 2.35 bits per heavy atom. The number of rotatable bonds is 8. The molecule has 3 heteroatoms. The van der Waals surface area contributed by atoms with E-state index in [-0.39, 0.29) is 6.04 Å². The Morgan fingerprint density at radius 1 is 1.25 bits per heavy atom. The van der Waals surface area contributed by atoms with Gasteiger partial charge in [0, 0.05) is 25.9 Å². The van der Waals surface area contributed by atoms with Crippen molar-refractivity contribution in [3.8, 4) is 0 Å². The Balaban J connectivity index is 0. The molecule has 0 aliphatic heterocycles. The second-order valence-corrected chi connectivity index (χ2v) is 3.96. The summed E-state index contributed by atoms with van der Waals surface area (Å²) < 4.78 is 0. The van der Waals surface area contributed by atoms with Gasteiger partial charge in [-0.2, -0.15) is 0 Å². The molecule has 0 spiro atoms. The minimum Gasteiger partial charge on any atom is -0.403 e. The summed E-state index contributed by atoms with van der Waals surface area (Å²) in [5.74, 6) is 0. The number of hydrogen-bond donors (Lipinski definition) is 1. The Kier molecular flexibility index (Phi) is 15.7. The molecule has 3 nitrogen and oxygen atoms in total. The number of carbonyl (C=O) groups is 1. The molecule has 0 aliphatic rings. The largest absolute Gasteiger partial charge is 0.403 e. The number of nitrogens with two attached hydrogens (primary N) is 1. The Labute approximate surface area is 124 Å². The van der Waals surface area contributed by atoms with Crippen LogP contribution in [0.2, 0.25) is 0 Å². The highest BCUT2D eigenvalue weighted by atomic mass is 16.1.